The molecule has 2 atom stereocenters. The SMILES string of the molecule is Cc1nn(C)c(C)c1OCCNC1CCCCC1C. The van der Waals surface area contributed by atoms with Crippen molar-refractivity contribution in [1.29, 1.82) is 0 Å². The van der Waals surface area contributed by atoms with E-state index in [2.05, 4.69) is 17.3 Å². The third kappa shape index (κ3) is 3.50. The maximum Gasteiger partial charge on any atom is 0.163 e. The summed E-state index contributed by atoms with van der Waals surface area (Å²) in [7, 11) is 1.96. The number of aryl methyl sites for hydroxylation is 2. The van der Waals surface area contributed by atoms with Gasteiger partial charge in [0.25, 0.3) is 0 Å². The van der Waals surface area contributed by atoms with Crippen LogP contribution in [0.1, 0.15) is 44.0 Å². The molecule has 0 amide bonds. The lowest BCUT2D eigenvalue weighted by Crippen LogP contribution is -2.39. The molecule has 2 rings (SSSR count). The van der Waals surface area contributed by atoms with Crippen LogP contribution in [0.15, 0.2) is 0 Å². The predicted octanol–water partition coefficient (Wildman–Crippen LogP) is 2.58. The molecule has 19 heavy (non-hydrogen) atoms. The highest BCUT2D eigenvalue weighted by molar-refractivity contribution is 5.31. The summed E-state index contributed by atoms with van der Waals surface area (Å²) in [6.07, 6.45) is 5.43. The number of ether oxygens (including phenoxy) is 1. The van der Waals surface area contributed by atoms with E-state index in [0.717, 1.165) is 36.2 Å². The Morgan fingerprint density at radius 3 is 2.68 bits per heavy atom. The lowest BCUT2D eigenvalue weighted by molar-refractivity contribution is 0.250. The highest BCUT2D eigenvalue weighted by Crippen LogP contribution is 2.24. The third-order valence-corrected chi connectivity index (χ3v) is 4.31. The molecule has 1 aliphatic carbocycles. The van der Waals surface area contributed by atoms with Crippen LogP contribution >= 0.6 is 0 Å². The van der Waals surface area contributed by atoms with Gasteiger partial charge in [-0.3, -0.25) is 4.68 Å². The van der Waals surface area contributed by atoms with Gasteiger partial charge in [-0.15, -0.1) is 0 Å². The van der Waals surface area contributed by atoms with Crippen LogP contribution in [-0.2, 0) is 7.05 Å². The molecule has 0 saturated heterocycles. The molecule has 1 fully saturated rings. The zero-order valence-electron chi connectivity index (χ0n) is 12.7. The lowest BCUT2D eigenvalue weighted by Gasteiger charge is -2.29. The molecular formula is C15H27N3O. The van der Waals surface area contributed by atoms with Crippen molar-refractivity contribution < 1.29 is 4.74 Å². The van der Waals surface area contributed by atoms with E-state index >= 15 is 0 Å². The average molecular weight is 265 g/mol. The highest BCUT2D eigenvalue weighted by atomic mass is 16.5. The van der Waals surface area contributed by atoms with Crippen molar-refractivity contribution in [3.8, 4) is 5.75 Å². The van der Waals surface area contributed by atoms with Gasteiger partial charge in [0.1, 0.15) is 12.3 Å². The van der Waals surface area contributed by atoms with E-state index in [1.807, 2.05) is 25.6 Å². The molecule has 2 unspecified atom stereocenters. The molecule has 4 nitrogen and oxygen atoms in total. The van der Waals surface area contributed by atoms with Crippen molar-refractivity contribution in [1.82, 2.24) is 15.1 Å². The van der Waals surface area contributed by atoms with Crippen LogP contribution in [0, 0.1) is 19.8 Å². The van der Waals surface area contributed by atoms with E-state index in [9.17, 15) is 0 Å². The van der Waals surface area contributed by atoms with Crippen molar-refractivity contribution in [2.45, 2.75) is 52.5 Å². The van der Waals surface area contributed by atoms with Crippen molar-refractivity contribution >= 4 is 0 Å². The first kappa shape index (κ1) is 14.4. The Morgan fingerprint density at radius 1 is 1.32 bits per heavy atom. The summed E-state index contributed by atoms with van der Waals surface area (Å²) >= 11 is 0. The topological polar surface area (TPSA) is 39.1 Å². The fourth-order valence-corrected chi connectivity index (χ4v) is 2.98. The minimum atomic E-state index is 0.674. The number of hydrogen-bond acceptors (Lipinski definition) is 3. The minimum absolute atomic E-state index is 0.674. The summed E-state index contributed by atoms with van der Waals surface area (Å²) in [5.74, 6) is 1.75. The number of nitrogens with one attached hydrogen (secondary N) is 1. The quantitative estimate of drug-likeness (QED) is 0.832. The van der Waals surface area contributed by atoms with Crippen LogP contribution in [0.4, 0.5) is 0 Å². The summed E-state index contributed by atoms with van der Waals surface area (Å²) in [6, 6.07) is 0.674. The molecule has 0 aromatic carbocycles. The van der Waals surface area contributed by atoms with Gasteiger partial charge in [-0.25, -0.2) is 0 Å². The molecule has 0 aliphatic heterocycles. The molecule has 1 aromatic rings. The largest absolute Gasteiger partial charge is 0.488 e. The maximum absolute atomic E-state index is 5.87. The normalized spacial score (nSPS) is 23.6. The van der Waals surface area contributed by atoms with Crippen LogP contribution in [0.5, 0.6) is 5.75 Å². The summed E-state index contributed by atoms with van der Waals surface area (Å²) in [4.78, 5) is 0. The van der Waals surface area contributed by atoms with E-state index in [1.165, 1.54) is 25.7 Å². The third-order valence-electron chi connectivity index (χ3n) is 4.31. The van der Waals surface area contributed by atoms with E-state index in [0.29, 0.717) is 6.04 Å². The Bertz CT molecular complexity index is 414. The van der Waals surface area contributed by atoms with Gasteiger partial charge in [0, 0.05) is 19.6 Å². The Hall–Kier alpha value is -1.03. The fraction of sp³-hybridized carbons (Fsp3) is 0.800. The van der Waals surface area contributed by atoms with E-state index in [1.54, 1.807) is 0 Å². The summed E-state index contributed by atoms with van der Waals surface area (Å²) < 4.78 is 7.75. The molecule has 4 heteroatoms. The number of hydrogen-bond donors (Lipinski definition) is 1. The first-order valence-corrected chi connectivity index (χ1v) is 7.46. The van der Waals surface area contributed by atoms with E-state index in [4.69, 9.17) is 4.74 Å². The molecular weight excluding hydrogens is 238 g/mol. The summed E-state index contributed by atoms with van der Waals surface area (Å²) in [6.45, 7) is 8.04. The average Bonchev–Trinajstić information content (AvgIpc) is 2.62. The molecule has 1 saturated carbocycles. The molecule has 1 heterocycles. The van der Waals surface area contributed by atoms with Crippen LogP contribution < -0.4 is 10.1 Å². The molecule has 108 valence electrons. The Kier molecular flexibility index (Phi) is 4.86. The Labute approximate surface area is 116 Å². The Balaban J connectivity index is 1.74. The Morgan fingerprint density at radius 2 is 2.05 bits per heavy atom. The van der Waals surface area contributed by atoms with Gasteiger partial charge in [0.2, 0.25) is 0 Å². The molecule has 0 spiro atoms. The first-order valence-electron chi connectivity index (χ1n) is 7.46. The second-order valence-corrected chi connectivity index (χ2v) is 5.79. The maximum atomic E-state index is 5.87. The van der Waals surface area contributed by atoms with Gasteiger partial charge >= 0.3 is 0 Å². The van der Waals surface area contributed by atoms with Crippen LogP contribution in [0.3, 0.4) is 0 Å². The van der Waals surface area contributed by atoms with Gasteiger partial charge in [-0.05, 0) is 32.6 Å². The van der Waals surface area contributed by atoms with Crippen molar-refractivity contribution in [2.75, 3.05) is 13.2 Å². The van der Waals surface area contributed by atoms with Gasteiger partial charge < -0.3 is 10.1 Å². The molecule has 1 aliphatic rings. The van der Waals surface area contributed by atoms with Gasteiger partial charge in [0.15, 0.2) is 5.75 Å². The van der Waals surface area contributed by atoms with Crippen LogP contribution in [-0.4, -0.2) is 29.0 Å². The number of nitrogens with zero attached hydrogens (tertiary/aromatic N) is 2. The van der Waals surface area contributed by atoms with Crippen LogP contribution in [0.25, 0.3) is 0 Å². The highest BCUT2D eigenvalue weighted by Gasteiger charge is 2.20. The zero-order chi connectivity index (χ0) is 13.8. The second-order valence-electron chi connectivity index (χ2n) is 5.79. The van der Waals surface area contributed by atoms with Gasteiger partial charge in [0.05, 0.1) is 5.69 Å². The molecule has 1 aromatic heterocycles. The predicted molar refractivity (Wildman–Crippen MR) is 77.6 cm³/mol. The van der Waals surface area contributed by atoms with Crippen molar-refractivity contribution in [3.63, 3.8) is 0 Å². The fourth-order valence-electron chi connectivity index (χ4n) is 2.98. The van der Waals surface area contributed by atoms with Crippen molar-refractivity contribution in [2.24, 2.45) is 13.0 Å². The summed E-state index contributed by atoms with van der Waals surface area (Å²) in [5.41, 5.74) is 2.08. The monoisotopic (exact) mass is 265 g/mol. The number of rotatable bonds is 5. The van der Waals surface area contributed by atoms with Gasteiger partial charge in [-0.2, -0.15) is 5.10 Å². The zero-order valence-corrected chi connectivity index (χ0v) is 12.7. The van der Waals surface area contributed by atoms with Crippen LogP contribution in [0.2, 0.25) is 0 Å². The molecule has 1 N–H and O–H groups in total. The number of aromatic nitrogens is 2. The van der Waals surface area contributed by atoms with E-state index in [-0.39, 0.29) is 0 Å². The minimum Gasteiger partial charge on any atom is -0.488 e. The smallest absolute Gasteiger partial charge is 0.163 e. The molecule has 0 bridgehead atoms. The first-order chi connectivity index (χ1) is 9.09. The standard InChI is InChI=1S/C15H27N3O/c1-11-7-5-6-8-14(11)16-9-10-19-15-12(2)17-18(4)13(15)3/h11,14,16H,5-10H2,1-4H3. The van der Waals surface area contributed by atoms with Gasteiger partial charge in [-0.1, -0.05) is 19.8 Å². The lowest BCUT2D eigenvalue weighted by atomic mass is 9.86. The van der Waals surface area contributed by atoms with E-state index < -0.39 is 0 Å². The molecule has 0 radical (unpaired) electrons. The second kappa shape index (κ2) is 6.42. The summed E-state index contributed by atoms with van der Waals surface area (Å²) in [5, 5.41) is 8.00. The van der Waals surface area contributed by atoms with Crippen molar-refractivity contribution in [3.05, 3.63) is 11.4 Å².